The van der Waals surface area contributed by atoms with E-state index in [1.165, 1.54) is 4.90 Å². The number of H-pyrrole nitrogens is 1. The third-order valence-electron chi connectivity index (χ3n) is 7.99. The van der Waals surface area contributed by atoms with Gasteiger partial charge in [0.1, 0.15) is 12.2 Å². The Morgan fingerprint density at radius 3 is 2.64 bits per heavy atom. The smallest absolute Gasteiger partial charge is 0.423 e. The molecule has 0 saturated carbocycles. The maximum atomic E-state index is 13.8. The minimum absolute atomic E-state index is 0.00290. The average molecular weight is 625 g/mol. The third kappa shape index (κ3) is 5.65. The average Bonchev–Trinajstić information content (AvgIpc) is 3.35. The Morgan fingerprint density at radius 2 is 1.86 bits per heavy atom. The molecule has 2 atom stereocenters. The number of halogens is 6. The fourth-order valence-corrected chi connectivity index (χ4v) is 5.89. The maximum Gasteiger partial charge on any atom is 0.423 e. The van der Waals surface area contributed by atoms with Gasteiger partial charge in [0.15, 0.2) is 11.6 Å². The molecule has 6 rings (SSSR count). The molecular formula is C28H26F6N6O4. The van der Waals surface area contributed by atoms with Gasteiger partial charge in [-0.3, -0.25) is 9.59 Å². The van der Waals surface area contributed by atoms with Crippen LogP contribution < -0.4 is 20.1 Å². The van der Waals surface area contributed by atoms with Crippen LogP contribution in [0.2, 0.25) is 0 Å². The van der Waals surface area contributed by atoms with Crippen LogP contribution in [0, 0.1) is 0 Å². The molecule has 3 aliphatic heterocycles. The van der Waals surface area contributed by atoms with Gasteiger partial charge in [0.2, 0.25) is 5.91 Å². The number of nitrogens with one attached hydrogen (secondary N) is 1. The van der Waals surface area contributed by atoms with Crippen molar-refractivity contribution >= 4 is 17.4 Å². The summed E-state index contributed by atoms with van der Waals surface area (Å²) in [6, 6.07) is 7.08. The van der Waals surface area contributed by atoms with Crippen molar-refractivity contribution < 1.29 is 40.6 Å². The lowest BCUT2D eigenvalue weighted by Gasteiger charge is -2.44. The number of aromatic nitrogens is 3. The Morgan fingerprint density at radius 1 is 1.07 bits per heavy atom. The number of amides is 1. The normalized spacial score (nSPS) is 19.7. The van der Waals surface area contributed by atoms with E-state index in [2.05, 4.69) is 10.1 Å². The molecule has 3 aliphatic rings. The second-order valence-electron chi connectivity index (χ2n) is 10.7. The van der Waals surface area contributed by atoms with Crippen molar-refractivity contribution in [1.82, 2.24) is 20.1 Å². The zero-order valence-electron chi connectivity index (χ0n) is 23.0. The van der Waals surface area contributed by atoms with Gasteiger partial charge in [-0.1, -0.05) is 24.3 Å². The lowest BCUT2D eigenvalue weighted by atomic mass is 10.1. The summed E-state index contributed by atoms with van der Waals surface area (Å²) in [5.74, 6) is 0.137. The number of aromatic amines is 1. The molecule has 0 aliphatic carbocycles. The van der Waals surface area contributed by atoms with Crippen LogP contribution in [0.25, 0.3) is 0 Å². The molecular weight excluding hydrogens is 598 g/mol. The zero-order valence-corrected chi connectivity index (χ0v) is 23.0. The number of ether oxygens (including phenoxy) is 2. The topological polar surface area (TPSA) is 104 Å². The van der Waals surface area contributed by atoms with Crippen LogP contribution in [0.1, 0.15) is 34.7 Å². The molecule has 0 radical (unpaired) electrons. The van der Waals surface area contributed by atoms with Gasteiger partial charge in [0.25, 0.3) is 5.56 Å². The maximum absolute atomic E-state index is 13.8. The Hall–Kier alpha value is -4.34. The molecule has 0 spiro atoms. The Labute approximate surface area is 246 Å². The molecule has 1 fully saturated rings. The minimum atomic E-state index is -4.91. The highest BCUT2D eigenvalue weighted by Gasteiger charge is 2.42. The number of piperazine rings is 1. The van der Waals surface area contributed by atoms with E-state index in [4.69, 9.17) is 9.47 Å². The van der Waals surface area contributed by atoms with Gasteiger partial charge in [-0.05, 0) is 17.2 Å². The van der Waals surface area contributed by atoms with Crippen molar-refractivity contribution in [2.24, 2.45) is 0 Å². The van der Waals surface area contributed by atoms with Crippen molar-refractivity contribution in [1.29, 1.82) is 0 Å². The molecule has 0 bridgehead atoms. The van der Waals surface area contributed by atoms with Crippen molar-refractivity contribution in [3.63, 3.8) is 0 Å². The number of hydrogen-bond donors (Lipinski definition) is 1. The first kappa shape index (κ1) is 29.7. The fraction of sp³-hybridized carbons (Fsp3) is 0.429. The van der Waals surface area contributed by atoms with E-state index < -0.39 is 35.1 Å². The van der Waals surface area contributed by atoms with Gasteiger partial charge < -0.3 is 24.2 Å². The van der Waals surface area contributed by atoms with E-state index in [0.717, 1.165) is 29.6 Å². The molecule has 234 valence electrons. The lowest BCUT2D eigenvalue weighted by Crippen LogP contribution is -2.58. The van der Waals surface area contributed by atoms with Gasteiger partial charge in [-0.15, -0.1) is 0 Å². The summed E-state index contributed by atoms with van der Waals surface area (Å²) in [5.41, 5.74) is -2.42. The van der Waals surface area contributed by atoms with E-state index >= 15 is 0 Å². The molecule has 3 aromatic rings. The van der Waals surface area contributed by atoms with E-state index in [1.807, 2.05) is 10.00 Å². The SMILES string of the molecule is O=C(CCOC[C@@H]1c2ccccc2CN1c1cn[nH]c(=O)c1C(F)(F)F)N1CCN2c3ncc(C(F)(F)F)cc3OC[C@@H]2C1. The van der Waals surface area contributed by atoms with Crippen LogP contribution in [0.3, 0.4) is 0 Å². The molecule has 1 amide bonds. The monoisotopic (exact) mass is 624 g/mol. The summed E-state index contributed by atoms with van der Waals surface area (Å²) in [5, 5.41) is 5.45. The summed E-state index contributed by atoms with van der Waals surface area (Å²) in [6.45, 7) is 1.10. The number of pyridine rings is 1. The highest BCUT2D eigenvalue weighted by atomic mass is 19.4. The summed E-state index contributed by atoms with van der Waals surface area (Å²) >= 11 is 0. The number of benzene rings is 1. The first-order valence-corrected chi connectivity index (χ1v) is 13.7. The van der Waals surface area contributed by atoms with Crippen molar-refractivity contribution in [2.75, 3.05) is 49.3 Å². The number of carbonyl (C=O) groups excluding carboxylic acids is 1. The van der Waals surface area contributed by atoms with Crippen LogP contribution >= 0.6 is 0 Å². The Balaban J connectivity index is 1.08. The molecule has 2 aromatic heterocycles. The quantitative estimate of drug-likeness (QED) is 0.327. The lowest BCUT2D eigenvalue weighted by molar-refractivity contribution is -0.139. The number of nitrogens with zero attached hydrogens (tertiary/aromatic N) is 5. The number of alkyl halides is 6. The van der Waals surface area contributed by atoms with Crippen LogP contribution in [-0.2, 0) is 28.4 Å². The predicted octanol–water partition coefficient (Wildman–Crippen LogP) is 3.78. The number of carbonyl (C=O) groups is 1. The van der Waals surface area contributed by atoms with E-state index in [-0.39, 0.29) is 62.7 Å². The standard InChI is InChI=1S/C28H26F6N6O4/c29-27(30,31)17-9-22-25(35-10-17)39-7-6-38(13-18(39)14-44-22)23(41)5-8-43-15-21-19-4-2-1-3-16(19)12-40(21)20-11-36-37-26(42)24(20)28(32,33)34/h1-4,9-11,18,21H,5-8,12-15H2,(H,37,42)/t18-,21+/m0/s1. The van der Waals surface area contributed by atoms with Gasteiger partial charge in [-0.2, -0.15) is 31.4 Å². The molecule has 5 heterocycles. The van der Waals surface area contributed by atoms with E-state index in [1.54, 1.807) is 29.2 Å². The number of anilines is 2. The second kappa shape index (κ2) is 11.3. The third-order valence-corrected chi connectivity index (χ3v) is 7.99. The Kier molecular flexibility index (Phi) is 7.63. The number of hydrogen-bond acceptors (Lipinski definition) is 8. The highest BCUT2D eigenvalue weighted by molar-refractivity contribution is 5.77. The summed E-state index contributed by atoms with van der Waals surface area (Å²) in [6.07, 6.45) is -7.70. The predicted molar refractivity (Wildman–Crippen MR) is 143 cm³/mol. The zero-order chi connectivity index (χ0) is 31.2. The van der Waals surface area contributed by atoms with Crippen LogP contribution in [-0.4, -0.2) is 71.5 Å². The van der Waals surface area contributed by atoms with Gasteiger partial charge in [0.05, 0.1) is 49.2 Å². The van der Waals surface area contributed by atoms with Gasteiger partial charge in [-0.25, -0.2) is 10.1 Å². The van der Waals surface area contributed by atoms with Crippen LogP contribution in [0.5, 0.6) is 5.75 Å². The van der Waals surface area contributed by atoms with E-state index in [9.17, 15) is 35.9 Å². The summed E-state index contributed by atoms with van der Waals surface area (Å²) in [7, 11) is 0. The molecule has 1 saturated heterocycles. The molecule has 1 N–H and O–H groups in total. The van der Waals surface area contributed by atoms with Crippen molar-refractivity contribution in [3.8, 4) is 5.75 Å². The first-order valence-electron chi connectivity index (χ1n) is 13.7. The molecule has 10 nitrogen and oxygen atoms in total. The van der Waals surface area contributed by atoms with Gasteiger partial charge in [0, 0.05) is 32.4 Å². The molecule has 1 aromatic carbocycles. The van der Waals surface area contributed by atoms with Crippen molar-refractivity contribution in [3.05, 3.63) is 75.3 Å². The molecule has 0 unspecified atom stereocenters. The number of rotatable bonds is 6. The van der Waals surface area contributed by atoms with E-state index in [0.29, 0.717) is 18.9 Å². The minimum Gasteiger partial charge on any atom is -0.487 e. The fourth-order valence-electron chi connectivity index (χ4n) is 5.89. The highest BCUT2D eigenvalue weighted by Crippen LogP contribution is 2.42. The first-order chi connectivity index (χ1) is 20.9. The largest absolute Gasteiger partial charge is 0.487 e. The Bertz CT molecular complexity index is 1610. The second-order valence-corrected chi connectivity index (χ2v) is 10.7. The molecule has 44 heavy (non-hydrogen) atoms. The van der Waals surface area contributed by atoms with Crippen LogP contribution in [0.4, 0.5) is 37.8 Å². The van der Waals surface area contributed by atoms with Crippen molar-refractivity contribution in [2.45, 2.75) is 37.4 Å². The summed E-state index contributed by atoms with van der Waals surface area (Å²) in [4.78, 5) is 34.0. The van der Waals surface area contributed by atoms with Gasteiger partial charge >= 0.3 is 12.4 Å². The summed E-state index contributed by atoms with van der Waals surface area (Å²) < 4.78 is 92.0. The number of fused-ring (bicyclic) bond motifs is 4. The van der Waals surface area contributed by atoms with Crippen LogP contribution in [0.15, 0.2) is 47.5 Å². The molecule has 16 heteroatoms.